The van der Waals surface area contributed by atoms with E-state index in [0.29, 0.717) is 18.2 Å². The van der Waals surface area contributed by atoms with Gasteiger partial charge in [-0.15, -0.1) is 0 Å². The zero-order valence-electron chi connectivity index (χ0n) is 20.4. The summed E-state index contributed by atoms with van der Waals surface area (Å²) in [6.07, 6.45) is 8.53. The first-order valence-corrected chi connectivity index (χ1v) is 12.4. The molecule has 1 saturated heterocycles. The Bertz CT molecular complexity index is 1300. The molecule has 7 heteroatoms. The minimum absolute atomic E-state index is 0.109. The van der Waals surface area contributed by atoms with Gasteiger partial charge in [0, 0.05) is 42.3 Å². The third-order valence-corrected chi connectivity index (χ3v) is 6.71. The van der Waals surface area contributed by atoms with Gasteiger partial charge in [-0.25, -0.2) is 9.97 Å². The molecule has 4 aromatic rings. The van der Waals surface area contributed by atoms with Crippen LogP contribution in [-0.4, -0.2) is 68.9 Å². The van der Waals surface area contributed by atoms with E-state index < -0.39 is 0 Å². The van der Waals surface area contributed by atoms with E-state index in [1.54, 1.807) is 12.4 Å². The van der Waals surface area contributed by atoms with Crippen LogP contribution in [0.3, 0.4) is 0 Å². The molecule has 4 heterocycles. The average Bonchev–Trinajstić information content (AvgIpc) is 3.31. The Kier molecular flexibility index (Phi) is 6.86. The lowest BCUT2D eigenvalue weighted by molar-refractivity contribution is 0.0586. The van der Waals surface area contributed by atoms with Gasteiger partial charge in [-0.1, -0.05) is 12.1 Å². The first-order valence-electron chi connectivity index (χ1n) is 12.4. The van der Waals surface area contributed by atoms with Crippen LogP contribution in [0.15, 0.2) is 60.9 Å². The number of nitrogens with zero attached hydrogens (tertiary/aromatic N) is 5. The molecular weight excluding hydrogens is 436 g/mol. The number of H-pyrrole nitrogens is 1. The van der Waals surface area contributed by atoms with Crippen molar-refractivity contribution in [3.63, 3.8) is 0 Å². The van der Waals surface area contributed by atoms with Crippen LogP contribution >= 0.6 is 0 Å². The molecule has 180 valence electrons. The summed E-state index contributed by atoms with van der Waals surface area (Å²) in [4.78, 5) is 34.6. The SMILES string of the molecule is CN(C)CCC1CCCCN1C(=O)c1cc2cc(Cc3nccc(-c4ccccn4)n3)ccc2[nH]1. The number of likely N-dealkylation sites (tertiary alicyclic amines) is 1. The summed E-state index contributed by atoms with van der Waals surface area (Å²) in [7, 11) is 4.17. The van der Waals surface area contributed by atoms with Gasteiger partial charge in [-0.05, 0) is 88.3 Å². The van der Waals surface area contributed by atoms with Gasteiger partial charge in [0.2, 0.25) is 0 Å². The van der Waals surface area contributed by atoms with Gasteiger partial charge in [0.1, 0.15) is 11.5 Å². The zero-order valence-corrected chi connectivity index (χ0v) is 20.4. The van der Waals surface area contributed by atoms with Crippen LogP contribution in [0, 0.1) is 0 Å². The maximum atomic E-state index is 13.4. The van der Waals surface area contributed by atoms with Gasteiger partial charge < -0.3 is 14.8 Å². The number of amides is 1. The number of nitrogens with one attached hydrogen (secondary N) is 1. The highest BCUT2D eigenvalue weighted by molar-refractivity contribution is 5.98. The minimum Gasteiger partial charge on any atom is -0.351 e. The first kappa shape index (κ1) is 23.2. The Balaban J connectivity index is 1.33. The molecule has 1 unspecified atom stereocenters. The van der Waals surface area contributed by atoms with Crippen molar-refractivity contribution in [1.82, 2.24) is 29.7 Å². The molecule has 1 amide bonds. The standard InChI is InChI=1S/C28H32N6O/c1-33(2)16-12-22-7-4-6-15-34(22)28(35)26-19-21-17-20(9-10-23(21)31-26)18-27-30-14-11-25(32-27)24-8-3-5-13-29-24/h3,5,8-11,13-14,17,19,22,31H,4,6-7,12,15-16,18H2,1-2H3. The van der Waals surface area contributed by atoms with Crippen LogP contribution in [0.4, 0.5) is 0 Å². The Hall–Kier alpha value is -3.58. The summed E-state index contributed by atoms with van der Waals surface area (Å²) in [5, 5.41) is 1.04. The number of pyridine rings is 1. The molecule has 0 spiro atoms. The van der Waals surface area contributed by atoms with Crippen LogP contribution < -0.4 is 0 Å². The van der Waals surface area contributed by atoms with Crippen LogP contribution in [0.25, 0.3) is 22.3 Å². The number of aromatic nitrogens is 4. The smallest absolute Gasteiger partial charge is 0.270 e. The predicted octanol–water partition coefficient (Wildman–Crippen LogP) is 4.56. The Labute approximate surface area is 206 Å². The first-order chi connectivity index (χ1) is 17.1. The maximum absolute atomic E-state index is 13.4. The molecule has 0 radical (unpaired) electrons. The van der Waals surface area contributed by atoms with Crippen molar-refractivity contribution in [2.45, 2.75) is 38.1 Å². The van der Waals surface area contributed by atoms with Crippen LogP contribution in [-0.2, 0) is 6.42 Å². The number of fused-ring (bicyclic) bond motifs is 1. The van der Waals surface area contributed by atoms with Crippen molar-refractivity contribution >= 4 is 16.8 Å². The molecule has 35 heavy (non-hydrogen) atoms. The van der Waals surface area contributed by atoms with Gasteiger partial charge in [-0.3, -0.25) is 9.78 Å². The average molecular weight is 469 g/mol. The van der Waals surface area contributed by atoms with Gasteiger partial charge >= 0.3 is 0 Å². The van der Waals surface area contributed by atoms with E-state index in [9.17, 15) is 4.79 Å². The highest BCUT2D eigenvalue weighted by Crippen LogP contribution is 2.25. The van der Waals surface area contributed by atoms with Gasteiger partial charge in [0.05, 0.1) is 11.4 Å². The topological polar surface area (TPSA) is 78.0 Å². The molecule has 3 aromatic heterocycles. The second-order valence-corrected chi connectivity index (χ2v) is 9.59. The van der Waals surface area contributed by atoms with Gasteiger partial charge in [0.15, 0.2) is 0 Å². The predicted molar refractivity (Wildman–Crippen MR) is 138 cm³/mol. The van der Waals surface area contributed by atoms with Crippen LogP contribution in [0.2, 0.25) is 0 Å². The number of aromatic amines is 1. The fraction of sp³-hybridized carbons (Fsp3) is 0.357. The van der Waals surface area contributed by atoms with Crippen molar-refractivity contribution in [2.24, 2.45) is 0 Å². The van der Waals surface area contributed by atoms with Gasteiger partial charge in [-0.2, -0.15) is 0 Å². The van der Waals surface area contributed by atoms with Crippen LogP contribution in [0.1, 0.15) is 47.6 Å². The molecule has 1 aliphatic heterocycles. The van der Waals surface area contributed by atoms with E-state index in [1.807, 2.05) is 36.4 Å². The summed E-state index contributed by atoms with van der Waals surface area (Å²) in [5.41, 5.74) is 4.40. The molecule has 1 aromatic carbocycles. The van der Waals surface area contributed by atoms with Crippen molar-refractivity contribution in [3.8, 4) is 11.4 Å². The lowest BCUT2D eigenvalue weighted by Crippen LogP contribution is -2.45. The molecule has 7 nitrogen and oxygen atoms in total. The molecule has 1 atom stereocenters. The number of hydrogen-bond donors (Lipinski definition) is 1. The van der Waals surface area contributed by atoms with Crippen molar-refractivity contribution in [3.05, 3.63) is 78.0 Å². The van der Waals surface area contributed by atoms with E-state index >= 15 is 0 Å². The third-order valence-electron chi connectivity index (χ3n) is 6.71. The Morgan fingerprint density at radius 3 is 2.80 bits per heavy atom. The number of rotatable bonds is 7. The largest absolute Gasteiger partial charge is 0.351 e. The van der Waals surface area contributed by atoms with E-state index in [-0.39, 0.29) is 5.91 Å². The summed E-state index contributed by atoms with van der Waals surface area (Å²) >= 11 is 0. The monoisotopic (exact) mass is 468 g/mol. The Morgan fingerprint density at radius 1 is 1.06 bits per heavy atom. The summed E-state index contributed by atoms with van der Waals surface area (Å²) in [6.45, 7) is 1.83. The summed E-state index contributed by atoms with van der Waals surface area (Å²) in [6, 6.07) is 16.2. The fourth-order valence-electron chi connectivity index (χ4n) is 4.86. The lowest BCUT2D eigenvalue weighted by atomic mass is 9.98. The van der Waals surface area contributed by atoms with E-state index in [4.69, 9.17) is 4.98 Å². The quantitative estimate of drug-likeness (QED) is 0.430. The second-order valence-electron chi connectivity index (χ2n) is 9.59. The van der Waals surface area contributed by atoms with Crippen molar-refractivity contribution in [2.75, 3.05) is 27.2 Å². The number of benzene rings is 1. The summed E-state index contributed by atoms with van der Waals surface area (Å²) in [5.74, 6) is 0.856. The molecule has 0 aliphatic carbocycles. The number of carbonyl (C=O) groups excluding carboxylic acids is 1. The third kappa shape index (κ3) is 5.41. The molecule has 1 aliphatic rings. The number of piperidine rings is 1. The lowest BCUT2D eigenvalue weighted by Gasteiger charge is -2.36. The maximum Gasteiger partial charge on any atom is 0.270 e. The highest BCUT2D eigenvalue weighted by atomic mass is 16.2. The molecule has 5 rings (SSSR count). The van der Waals surface area contributed by atoms with Crippen LogP contribution in [0.5, 0.6) is 0 Å². The number of carbonyl (C=O) groups is 1. The molecular formula is C28H32N6O. The van der Waals surface area contributed by atoms with E-state index in [2.05, 4.69) is 51.0 Å². The van der Waals surface area contributed by atoms with Crippen molar-refractivity contribution in [1.29, 1.82) is 0 Å². The van der Waals surface area contributed by atoms with E-state index in [0.717, 1.165) is 66.0 Å². The van der Waals surface area contributed by atoms with Crippen molar-refractivity contribution < 1.29 is 4.79 Å². The minimum atomic E-state index is 0.109. The Morgan fingerprint density at radius 2 is 1.97 bits per heavy atom. The van der Waals surface area contributed by atoms with Gasteiger partial charge in [0.25, 0.3) is 5.91 Å². The normalized spacial score (nSPS) is 16.2. The molecule has 0 saturated carbocycles. The van der Waals surface area contributed by atoms with E-state index in [1.165, 1.54) is 6.42 Å². The number of hydrogen-bond acceptors (Lipinski definition) is 5. The fourth-order valence-corrected chi connectivity index (χ4v) is 4.86. The second kappa shape index (κ2) is 10.4. The molecule has 0 bridgehead atoms. The highest BCUT2D eigenvalue weighted by Gasteiger charge is 2.28. The molecule has 1 fully saturated rings. The zero-order chi connectivity index (χ0) is 24.2. The summed E-state index contributed by atoms with van der Waals surface area (Å²) < 4.78 is 0. The molecule has 1 N–H and O–H groups in total.